The van der Waals surface area contributed by atoms with Crippen molar-refractivity contribution < 1.29 is 5.11 Å². The van der Waals surface area contributed by atoms with Gasteiger partial charge in [0.05, 0.1) is 6.61 Å². The number of nitrogens with one attached hydrogen (secondary N) is 1. The van der Waals surface area contributed by atoms with Crippen LogP contribution in [0.3, 0.4) is 0 Å². The van der Waals surface area contributed by atoms with Gasteiger partial charge in [-0.1, -0.05) is 20.8 Å². The fraction of sp³-hybridized carbons (Fsp3) is 1.00. The summed E-state index contributed by atoms with van der Waals surface area (Å²) in [5.74, 6) is 0.647. The lowest BCUT2D eigenvalue weighted by molar-refractivity contribution is 0.110. The van der Waals surface area contributed by atoms with E-state index in [2.05, 4.69) is 33.0 Å². The maximum atomic E-state index is 9.41. The smallest absolute Gasteiger partial charge is 0.0615 e. The Balaban J connectivity index is 2.49. The molecule has 1 rings (SSSR count). The van der Waals surface area contributed by atoms with E-state index >= 15 is 0 Å². The lowest BCUT2D eigenvalue weighted by Gasteiger charge is -2.36. The van der Waals surface area contributed by atoms with Crippen molar-refractivity contribution in [3.05, 3.63) is 0 Å². The number of hydrogen-bond donors (Lipinski definition) is 2. The Morgan fingerprint density at radius 1 is 1.46 bits per heavy atom. The van der Waals surface area contributed by atoms with Gasteiger partial charge in [-0.3, -0.25) is 0 Å². The maximum absolute atomic E-state index is 9.41. The van der Waals surface area contributed by atoms with Gasteiger partial charge in [0.1, 0.15) is 0 Å². The highest BCUT2D eigenvalue weighted by Crippen LogP contribution is 2.53. The molecule has 1 fully saturated rings. The Morgan fingerprint density at radius 2 is 2.00 bits per heavy atom. The monoisotopic (exact) mass is 185 g/mol. The quantitative estimate of drug-likeness (QED) is 0.684. The highest BCUT2D eigenvalue weighted by Gasteiger charge is 2.52. The van der Waals surface area contributed by atoms with E-state index in [1.165, 1.54) is 12.8 Å². The summed E-state index contributed by atoms with van der Waals surface area (Å²) in [6.45, 7) is 10.0. The van der Waals surface area contributed by atoms with Crippen LogP contribution in [0.2, 0.25) is 0 Å². The Bertz CT molecular complexity index is 175. The van der Waals surface area contributed by atoms with Crippen LogP contribution in [-0.2, 0) is 0 Å². The Morgan fingerprint density at radius 3 is 2.31 bits per heavy atom. The molecule has 2 heteroatoms. The second-order valence-corrected chi connectivity index (χ2v) is 5.33. The molecule has 1 aliphatic rings. The average Bonchev–Trinajstić information content (AvgIpc) is 2.81. The van der Waals surface area contributed by atoms with E-state index in [9.17, 15) is 5.11 Å². The fourth-order valence-electron chi connectivity index (χ4n) is 1.63. The highest BCUT2D eigenvalue weighted by molar-refractivity contribution is 5.07. The molecule has 0 aromatic heterocycles. The summed E-state index contributed by atoms with van der Waals surface area (Å²) in [6.07, 6.45) is 2.49. The molecular weight excluding hydrogens is 162 g/mol. The predicted octanol–water partition coefficient (Wildman–Crippen LogP) is 1.78. The molecule has 1 unspecified atom stereocenters. The minimum atomic E-state index is -0.0722. The van der Waals surface area contributed by atoms with Crippen molar-refractivity contribution in [3.8, 4) is 0 Å². The molecule has 2 N–H and O–H groups in total. The van der Waals surface area contributed by atoms with E-state index < -0.39 is 0 Å². The van der Waals surface area contributed by atoms with Gasteiger partial charge in [-0.25, -0.2) is 0 Å². The van der Waals surface area contributed by atoms with Gasteiger partial charge in [0.25, 0.3) is 0 Å². The first-order chi connectivity index (χ1) is 5.93. The fourth-order valence-corrected chi connectivity index (χ4v) is 1.63. The van der Waals surface area contributed by atoms with E-state index in [0.29, 0.717) is 11.3 Å². The van der Waals surface area contributed by atoms with E-state index in [1.807, 2.05) is 0 Å². The molecule has 0 radical (unpaired) electrons. The molecule has 0 spiro atoms. The SMILES string of the molecule is CC(C)CNC(C)(CO)C1(C)CC1. The normalized spacial score (nSPS) is 24.5. The molecule has 0 aromatic carbocycles. The van der Waals surface area contributed by atoms with Gasteiger partial charge >= 0.3 is 0 Å². The van der Waals surface area contributed by atoms with Crippen LogP contribution in [0.15, 0.2) is 0 Å². The molecule has 0 amide bonds. The molecule has 13 heavy (non-hydrogen) atoms. The van der Waals surface area contributed by atoms with Crippen LogP contribution in [0.4, 0.5) is 0 Å². The standard InChI is InChI=1S/C11H23NO/c1-9(2)7-12-11(4,8-13)10(3)5-6-10/h9,12-13H,5-8H2,1-4H3. The van der Waals surface area contributed by atoms with E-state index in [1.54, 1.807) is 0 Å². The van der Waals surface area contributed by atoms with Crippen molar-refractivity contribution >= 4 is 0 Å². The van der Waals surface area contributed by atoms with Crippen molar-refractivity contribution in [1.82, 2.24) is 5.32 Å². The minimum Gasteiger partial charge on any atom is -0.394 e. The van der Waals surface area contributed by atoms with Crippen molar-refractivity contribution in [3.63, 3.8) is 0 Å². The van der Waals surface area contributed by atoms with Gasteiger partial charge in [-0.15, -0.1) is 0 Å². The van der Waals surface area contributed by atoms with Crippen LogP contribution < -0.4 is 5.32 Å². The Labute approximate surface area is 81.7 Å². The summed E-state index contributed by atoms with van der Waals surface area (Å²) in [7, 11) is 0. The molecule has 1 atom stereocenters. The van der Waals surface area contributed by atoms with Crippen LogP contribution in [0.5, 0.6) is 0 Å². The van der Waals surface area contributed by atoms with Crippen LogP contribution in [0.25, 0.3) is 0 Å². The summed E-state index contributed by atoms with van der Waals surface area (Å²) in [4.78, 5) is 0. The number of aliphatic hydroxyl groups is 1. The molecule has 1 saturated carbocycles. The molecule has 1 aliphatic carbocycles. The van der Waals surface area contributed by atoms with Gasteiger partial charge in [-0.2, -0.15) is 0 Å². The summed E-state index contributed by atoms with van der Waals surface area (Å²) in [6, 6.07) is 0. The van der Waals surface area contributed by atoms with Crippen molar-refractivity contribution in [2.45, 2.75) is 46.1 Å². The molecule has 78 valence electrons. The van der Waals surface area contributed by atoms with Gasteiger partial charge in [-0.05, 0) is 37.6 Å². The van der Waals surface area contributed by atoms with Gasteiger partial charge in [0.2, 0.25) is 0 Å². The van der Waals surface area contributed by atoms with E-state index in [4.69, 9.17) is 0 Å². The summed E-state index contributed by atoms with van der Waals surface area (Å²) >= 11 is 0. The zero-order valence-electron chi connectivity index (χ0n) is 9.35. The van der Waals surface area contributed by atoms with E-state index in [-0.39, 0.29) is 12.1 Å². The first kappa shape index (κ1) is 11.0. The lowest BCUT2D eigenvalue weighted by Crippen LogP contribution is -2.53. The van der Waals surface area contributed by atoms with E-state index in [0.717, 1.165) is 6.54 Å². The van der Waals surface area contributed by atoms with Crippen LogP contribution >= 0.6 is 0 Å². The average molecular weight is 185 g/mol. The summed E-state index contributed by atoms with van der Waals surface area (Å²) < 4.78 is 0. The van der Waals surface area contributed by atoms with Crippen molar-refractivity contribution in [1.29, 1.82) is 0 Å². The van der Waals surface area contributed by atoms with Crippen LogP contribution in [0, 0.1) is 11.3 Å². The minimum absolute atomic E-state index is 0.0722. The third-order valence-electron chi connectivity index (χ3n) is 3.55. The molecule has 0 aliphatic heterocycles. The van der Waals surface area contributed by atoms with Crippen LogP contribution in [0.1, 0.15) is 40.5 Å². The van der Waals surface area contributed by atoms with Gasteiger partial charge < -0.3 is 10.4 Å². The van der Waals surface area contributed by atoms with Crippen molar-refractivity contribution in [2.75, 3.05) is 13.2 Å². The predicted molar refractivity (Wildman–Crippen MR) is 55.7 cm³/mol. The third-order valence-corrected chi connectivity index (χ3v) is 3.55. The first-order valence-corrected chi connectivity index (χ1v) is 5.29. The molecule has 0 heterocycles. The zero-order valence-corrected chi connectivity index (χ0v) is 9.35. The Kier molecular flexibility index (Phi) is 3.03. The van der Waals surface area contributed by atoms with Crippen LogP contribution in [-0.4, -0.2) is 23.8 Å². The maximum Gasteiger partial charge on any atom is 0.0615 e. The summed E-state index contributed by atoms with van der Waals surface area (Å²) in [5.41, 5.74) is 0.258. The molecular formula is C11H23NO. The molecule has 0 bridgehead atoms. The number of rotatable bonds is 5. The summed E-state index contributed by atoms with van der Waals surface area (Å²) in [5, 5.41) is 12.9. The second-order valence-electron chi connectivity index (χ2n) is 5.33. The molecule has 0 aromatic rings. The topological polar surface area (TPSA) is 32.3 Å². The zero-order chi connectivity index (χ0) is 10.1. The number of hydrogen-bond acceptors (Lipinski definition) is 2. The molecule has 2 nitrogen and oxygen atoms in total. The largest absolute Gasteiger partial charge is 0.394 e. The van der Waals surface area contributed by atoms with Gasteiger partial charge in [0.15, 0.2) is 0 Å². The van der Waals surface area contributed by atoms with Crippen molar-refractivity contribution in [2.24, 2.45) is 11.3 Å². The van der Waals surface area contributed by atoms with Gasteiger partial charge in [0, 0.05) is 5.54 Å². The highest BCUT2D eigenvalue weighted by atomic mass is 16.3. The number of aliphatic hydroxyl groups excluding tert-OH is 1. The first-order valence-electron chi connectivity index (χ1n) is 5.29. The lowest BCUT2D eigenvalue weighted by atomic mass is 9.84. The molecule has 0 saturated heterocycles. The third kappa shape index (κ3) is 2.23. The second kappa shape index (κ2) is 3.58. The Hall–Kier alpha value is -0.0800.